The Kier molecular flexibility index (Phi) is 5.55. The van der Waals surface area contributed by atoms with Crippen molar-refractivity contribution in [1.82, 2.24) is 15.0 Å². The van der Waals surface area contributed by atoms with Crippen molar-refractivity contribution in [3.63, 3.8) is 0 Å². The van der Waals surface area contributed by atoms with Crippen LogP contribution in [0.4, 0.5) is 0 Å². The van der Waals surface area contributed by atoms with Gasteiger partial charge in [0, 0.05) is 13.0 Å². The van der Waals surface area contributed by atoms with Gasteiger partial charge in [-0.2, -0.15) is 0 Å². The van der Waals surface area contributed by atoms with Gasteiger partial charge in [0.25, 0.3) is 0 Å². The lowest BCUT2D eigenvalue weighted by Gasteiger charge is -2.07. The first-order valence-corrected chi connectivity index (χ1v) is 7.06. The second-order valence-corrected chi connectivity index (χ2v) is 4.86. The Morgan fingerprint density at radius 3 is 2.75 bits per heavy atom. The molecule has 0 fully saturated rings. The van der Waals surface area contributed by atoms with Crippen LogP contribution in [0.5, 0.6) is 5.75 Å². The zero-order valence-electron chi connectivity index (χ0n) is 12.0. The molecule has 0 spiro atoms. The number of unbranched alkanes of at least 4 members (excludes halogenated alkanes) is 1. The van der Waals surface area contributed by atoms with Crippen molar-refractivity contribution in [2.24, 2.45) is 5.73 Å². The third kappa shape index (κ3) is 4.35. The van der Waals surface area contributed by atoms with Gasteiger partial charge in [-0.05, 0) is 38.4 Å². The van der Waals surface area contributed by atoms with Crippen LogP contribution in [0.2, 0.25) is 0 Å². The van der Waals surface area contributed by atoms with E-state index in [1.165, 1.54) is 5.56 Å². The summed E-state index contributed by atoms with van der Waals surface area (Å²) in [6.07, 6.45) is 4.63. The quantitative estimate of drug-likeness (QED) is 0.747. The van der Waals surface area contributed by atoms with E-state index in [2.05, 4.69) is 29.4 Å². The van der Waals surface area contributed by atoms with E-state index in [1.54, 1.807) is 6.20 Å². The smallest absolute Gasteiger partial charge is 0.119 e. The molecule has 5 nitrogen and oxygen atoms in total. The number of nitrogens with zero attached hydrogens (tertiary/aromatic N) is 3. The minimum Gasteiger partial charge on any atom is -0.494 e. The van der Waals surface area contributed by atoms with Crippen molar-refractivity contribution < 1.29 is 4.74 Å². The lowest BCUT2D eigenvalue weighted by molar-refractivity contribution is 0.301. The second-order valence-electron chi connectivity index (χ2n) is 4.86. The largest absolute Gasteiger partial charge is 0.494 e. The summed E-state index contributed by atoms with van der Waals surface area (Å²) >= 11 is 0. The van der Waals surface area contributed by atoms with Gasteiger partial charge < -0.3 is 10.5 Å². The van der Waals surface area contributed by atoms with Crippen molar-refractivity contribution in [1.29, 1.82) is 0 Å². The molecule has 0 aliphatic heterocycles. The monoisotopic (exact) mass is 274 g/mol. The molecule has 2 N–H and O–H groups in total. The predicted octanol–water partition coefficient (Wildman–Crippen LogP) is 1.95. The second kappa shape index (κ2) is 7.65. The normalized spacial score (nSPS) is 10.7. The van der Waals surface area contributed by atoms with Crippen molar-refractivity contribution in [3.8, 4) is 5.75 Å². The van der Waals surface area contributed by atoms with Crippen molar-refractivity contribution in [2.45, 2.75) is 32.7 Å². The van der Waals surface area contributed by atoms with Gasteiger partial charge in [0.2, 0.25) is 0 Å². The fourth-order valence-corrected chi connectivity index (χ4v) is 2.00. The molecule has 0 unspecified atom stereocenters. The molecule has 1 aromatic carbocycles. The molecule has 0 bridgehead atoms. The third-order valence-corrected chi connectivity index (χ3v) is 3.15. The Labute approximate surface area is 119 Å². The summed E-state index contributed by atoms with van der Waals surface area (Å²) in [5, 5.41) is 7.99. The number of rotatable bonds is 8. The van der Waals surface area contributed by atoms with Gasteiger partial charge in [0.05, 0.1) is 18.5 Å². The summed E-state index contributed by atoms with van der Waals surface area (Å²) in [6.45, 7) is 4.29. The van der Waals surface area contributed by atoms with Crippen LogP contribution in [0.15, 0.2) is 30.5 Å². The van der Waals surface area contributed by atoms with Crippen molar-refractivity contribution in [2.75, 3.05) is 13.2 Å². The lowest BCUT2D eigenvalue weighted by Crippen LogP contribution is -2.11. The van der Waals surface area contributed by atoms with Gasteiger partial charge in [-0.25, -0.2) is 4.68 Å². The highest BCUT2D eigenvalue weighted by atomic mass is 16.5. The highest BCUT2D eigenvalue weighted by molar-refractivity contribution is 5.26. The maximum absolute atomic E-state index is 5.69. The molecule has 0 radical (unpaired) electrons. The Morgan fingerprint density at radius 1 is 1.20 bits per heavy atom. The van der Waals surface area contributed by atoms with Crippen LogP contribution in [0.3, 0.4) is 0 Å². The van der Waals surface area contributed by atoms with Crippen LogP contribution >= 0.6 is 0 Å². The van der Waals surface area contributed by atoms with E-state index in [9.17, 15) is 0 Å². The average molecular weight is 274 g/mol. The van der Waals surface area contributed by atoms with Crippen LogP contribution in [-0.4, -0.2) is 28.1 Å². The Morgan fingerprint density at radius 2 is 2.00 bits per heavy atom. The van der Waals surface area contributed by atoms with E-state index in [4.69, 9.17) is 10.5 Å². The van der Waals surface area contributed by atoms with Crippen LogP contribution < -0.4 is 10.5 Å². The SMILES string of the molecule is Cc1ccc(OCCCCn2nncc2CCN)cc1. The molecule has 2 rings (SSSR count). The zero-order valence-corrected chi connectivity index (χ0v) is 12.0. The molecule has 0 amide bonds. The molecule has 1 heterocycles. The number of nitrogens with two attached hydrogens (primary N) is 1. The van der Waals surface area contributed by atoms with Crippen LogP contribution in [0.1, 0.15) is 24.1 Å². The Hall–Kier alpha value is -1.88. The molecule has 0 saturated carbocycles. The third-order valence-electron chi connectivity index (χ3n) is 3.15. The first kappa shape index (κ1) is 14.5. The predicted molar refractivity (Wildman–Crippen MR) is 78.7 cm³/mol. The summed E-state index contributed by atoms with van der Waals surface area (Å²) < 4.78 is 7.62. The number of ether oxygens (including phenoxy) is 1. The molecule has 108 valence electrons. The van der Waals surface area contributed by atoms with E-state index in [-0.39, 0.29) is 0 Å². The number of hydrogen-bond donors (Lipinski definition) is 1. The van der Waals surface area contributed by atoms with E-state index < -0.39 is 0 Å². The first-order valence-electron chi connectivity index (χ1n) is 7.06. The molecular weight excluding hydrogens is 252 g/mol. The molecule has 0 aliphatic rings. The summed E-state index contributed by atoms with van der Waals surface area (Å²) in [7, 11) is 0. The summed E-state index contributed by atoms with van der Waals surface area (Å²) in [5.74, 6) is 0.931. The van der Waals surface area contributed by atoms with E-state index in [0.717, 1.165) is 43.9 Å². The maximum atomic E-state index is 5.69. The molecular formula is C15H22N4O. The minimum atomic E-state index is 0.629. The average Bonchev–Trinajstić information content (AvgIpc) is 2.88. The summed E-state index contributed by atoms with van der Waals surface area (Å²) in [4.78, 5) is 0. The van der Waals surface area contributed by atoms with Gasteiger partial charge in [0.1, 0.15) is 5.75 Å². The summed E-state index contributed by atoms with van der Waals surface area (Å²) in [6, 6.07) is 8.13. The molecule has 0 atom stereocenters. The minimum absolute atomic E-state index is 0.629. The van der Waals surface area contributed by atoms with E-state index >= 15 is 0 Å². The standard InChI is InChI=1S/C15H22N4O/c1-13-4-6-15(7-5-13)20-11-3-2-10-19-14(8-9-16)12-17-18-19/h4-7,12H,2-3,8-11,16H2,1H3. The zero-order chi connectivity index (χ0) is 14.2. The number of aryl methyl sites for hydroxylation is 2. The molecule has 0 saturated heterocycles. The number of hydrogen-bond acceptors (Lipinski definition) is 4. The number of aromatic nitrogens is 3. The Bertz CT molecular complexity index is 507. The molecule has 1 aromatic heterocycles. The molecule has 20 heavy (non-hydrogen) atoms. The molecule has 5 heteroatoms. The van der Waals surface area contributed by atoms with Crippen LogP contribution in [0.25, 0.3) is 0 Å². The van der Waals surface area contributed by atoms with Gasteiger partial charge in [-0.15, -0.1) is 5.10 Å². The fraction of sp³-hybridized carbons (Fsp3) is 0.467. The van der Waals surface area contributed by atoms with Gasteiger partial charge in [-0.3, -0.25) is 0 Å². The molecule has 0 aliphatic carbocycles. The highest BCUT2D eigenvalue weighted by Gasteiger charge is 2.02. The van der Waals surface area contributed by atoms with Gasteiger partial charge >= 0.3 is 0 Å². The van der Waals surface area contributed by atoms with Crippen LogP contribution in [0, 0.1) is 6.92 Å². The van der Waals surface area contributed by atoms with Crippen LogP contribution in [-0.2, 0) is 13.0 Å². The van der Waals surface area contributed by atoms with Crippen molar-refractivity contribution >= 4 is 0 Å². The van der Waals surface area contributed by atoms with E-state index in [1.807, 2.05) is 16.8 Å². The molecule has 2 aromatic rings. The maximum Gasteiger partial charge on any atom is 0.119 e. The topological polar surface area (TPSA) is 66.0 Å². The number of benzene rings is 1. The fourth-order valence-electron chi connectivity index (χ4n) is 2.00. The van der Waals surface area contributed by atoms with Crippen molar-refractivity contribution in [3.05, 3.63) is 41.7 Å². The highest BCUT2D eigenvalue weighted by Crippen LogP contribution is 2.12. The lowest BCUT2D eigenvalue weighted by atomic mass is 10.2. The van der Waals surface area contributed by atoms with Gasteiger partial charge in [0.15, 0.2) is 0 Å². The summed E-state index contributed by atoms with van der Waals surface area (Å²) in [5.41, 5.74) is 7.90. The van der Waals surface area contributed by atoms with Gasteiger partial charge in [-0.1, -0.05) is 22.9 Å². The van der Waals surface area contributed by atoms with E-state index in [0.29, 0.717) is 6.54 Å². The first-order chi connectivity index (χ1) is 9.79. The Balaban J connectivity index is 1.66.